The summed E-state index contributed by atoms with van der Waals surface area (Å²) in [7, 11) is 3.69. The fourth-order valence-electron chi connectivity index (χ4n) is 5.26. The van der Waals surface area contributed by atoms with E-state index >= 15 is 0 Å². The van der Waals surface area contributed by atoms with Gasteiger partial charge < -0.3 is 19.5 Å². The molecule has 1 aromatic carbocycles. The minimum atomic E-state index is -0.931. The van der Waals surface area contributed by atoms with Crippen LogP contribution in [0.4, 0.5) is 0 Å². The van der Waals surface area contributed by atoms with Gasteiger partial charge in [-0.25, -0.2) is 0 Å². The topological polar surface area (TPSA) is 77.1 Å². The van der Waals surface area contributed by atoms with E-state index in [1.165, 1.54) is 12.8 Å². The molecule has 2 heterocycles. The predicted octanol–water partition coefficient (Wildman–Crippen LogP) is 3.00. The van der Waals surface area contributed by atoms with Gasteiger partial charge in [0.1, 0.15) is 0 Å². The molecule has 4 rings (SSSR count). The van der Waals surface area contributed by atoms with Gasteiger partial charge in [0.15, 0.2) is 17.3 Å². The maximum atomic E-state index is 13.3. The Kier molecular flexibility index (Phi) is 5.91. The number of Topliss-reactive ketones (excluding diaryl/α,β-unsaturated/α-hetero) is 1. The Morgan fingerprint density at radius 1 is 1.37 bits per heavy atom. The molecule has 1 aliphatic carbocycles. The van der Waals surface area contributed by atoms with Crippen LogP contribution in [0.2, 0.25) is 0 Å². The molecule has 1 saturated carbocycles. The van der Waals surface area contributed by atoms with E-state index in [2.05, 4.69) is 17.3 Å². The van der Waals surface area contributed by atoms with Crippen molar-refractivity contribution in [3.8, 4) is 17.2 Å². The number of rotatable bonds is 8. The van der Waals surface area contributed by atoms with E-state index < -0.39 is 5.54 Å². The lowest BCUT2D eigenvalue weighted by Gasteiger charge is -2.40. The van der Waals surface area contributed by atoms with Crippen LogP contribution in [-0.2, 0) is 16.0 Å². The molecule has 0 saturated heterocycles. The molecule has 2 aliphatic heterocycles. The van der Waals surface area contributed by atoms with Crippen LogP contribution in [0.15, 0.2) is 6.07 Å². The third kappa shape index (κ3) is 3.75. The molecular formula is C23H32N2O5. The summed E-state index contributed by atoms with van der Waals surface area (Å²) in [6.45, 7) is 2.90. The minimum Gasteiger partial charge on any atom is -0.492 e. The molecule has 2 atom stereocenters. The molecule has 30 heavy (non-hydrogen) atoms. The van der Waals surface area contributed by atoms with Crippen LogP contribution >= 0.6 is 0 Å². The molecule has 1 amide bonds. The first-order valence-corrected chi connectivity index (χ1v) is 10.9. The number of carbonyl (C=O) groups is 2. The van der Waals surface area contributed by atoms with Crippen LogP contribution in [0, 0.1) is 5.92 Å². The number of nitrogens with one attached hydrogen (secondary N) is 1. The lowest BCUT2D eigenvalue weighted by atomic mass is 9.79. The Morgan fingerprint density at radius 2 is 2.13 bits per heavy atom. The Balaban J connectivity index is 1.67. The molecule has 0 spiro atoms. The molecule has 0 radical (unpaired) electrons. The van der Waals surface area contributed by atoms with Crippen LogP contribution in [0.3, 0.4) is 0 Å². The first kappa shape index (κ1) is 21.0. The third-order valence-electron chi connectivity index (χ3n) is 7.09. The summed E-state index contributed by atoms with van der Waals surface area (Å²) in [5.41, 5.74) is 1.25. The molecule has 1 N–H and O–H groups in total. The van der Waals surface area contributed by atoms with E-state index in [-0.39, 0.29) is 18.6 Å². The van der Waals surface area contributed by atoms with Crippen LogP contribution in [0.25, 0.3) is 0 Å². The summed E-state index contributed by atoms with van der Waals surface area (Å²) in [6.07, 6.45) is 7.13. The van der Waals surface area contributed by atoms with E-state index in [9.17, 15) is 9.59 Å². The first-order chi connectivity index (χ1) is 14.5. The van der Waals surface area contributed by atoms with Gasteiger partial charge in [0.25, 0.3) is 0 Å². The average Bonchev–Trinajstić information content (AvgIpc) is 3.40. The molecule has 3 aliphatic rings. The number of carbonyl (C=O) groups excluding carboxylic acids is 2. The highest BCUT2D eigenvalue weighted by atomic mass is 16.7. The van der Waals surface area contributed by atoms with Crippen LogP contribution in [0.1, 0.15) is 62.6 Å². The predicted molar refractivity (Wildman–Crippen MR) is 112 cm³/mol. The average molecular weight is 417 g/mol. The third-order valence-corrected chi connectivity index (χ3v) is 7.09. The number of nitrogens with zero attached hydrogens (tertiary/aromatic N) is 1. The smallest absolute Gasteiger partial charge is 0.231 e. The van der Waals surface area contributed by atoms with E-state index in [1.807, 2.05) is 13.0 Å². The zero-order chi connectivity index (χ0) is 21.3. The van der Waals surface area contributed by atoms with E-state index in [0.717, 1.165) is 36.9 Å². The van der Waals surface area contributed by atoms with Crippen LogP contribution < -0.4 is 19.5 Å². The maximum Gasteiger partial charge on any atom is 0.231 e. The second kappa shape index (κ2) is 8.46. The van der Waals surface area contributed by atoms with Gasteiger partial charge in [-0.1, -0.05) is 25.7 Å². The second-order valence-electron chi connectivity index (χ2n) is 9.04. The summed E-state index contributed by atoms with van der Waals surface area (Å²) in [4.78, 5) is 27.0. The van der Waals surface area contributed by atoms with E-state index in [4.69, 9.17) is 14.2 Å². The lowest BCUT2D eigenvalue weighted by Crippen LogP contribution is -2.52. The van der Waals surface area contributed by atoms with Gasteiger partial charge in [-0.3, -0.25) is 14.5 Å². The number of benzene rings is 1. The number of ketones is 1. The van der Waals surface area contributed by atoms with Crippen molar-refractivity contribution >= 4 is 12.2 Å². The van der Waals surface area contributed by atoms with Crippen molar-refractivity contribution in [3.63, 3.8) is 0 Å². The number of likely N-dealkylation sites (N-methyl/N-ethyl adjacent to an activating group) is 1. The number of ether oxygens (including phenoxy) is 3. The molecule has 1 fully saturated rings. The summed E-state index contributed by atoms with van der Waals surface area (Å²) in [5, 5.41) is 2.87. The van der Waals surface area contributed by atoms with Crippen molar-refractivity contribution in [2.45, 2.75) is 63.5 Å². The summed E-state index contributed by atoms with van der Waals surface area (Å²) >= 11 is 0. The van der Waals surface area contributed by atoms with Gasteiger partial charge in [0, 0.05) is 24.6 Å². The standard InChI is InChI=1S/C23H32N2O5/c1-23(24-13-26,19(27)10-15-6-4-5-7-15)12-17-20-16(8-9-25(17)2)11-18-21(22(20)28-3)30-14-29-18/h11,13,15,17H,4-10,12,14H2,1-3H3,(H,24,26)/t17-,23-/m0/s1. The van der Waals surface area contributed by atoms with E-state index in [0.29, 0.717) is 42.4 Å². The minimum absolute atomic E-state index is 0.0804. The van der Waals surface area contributed by atoms with Crippen LogP contribution in [-0.4, -0.2) is 50.1 Å². The molecule has 7 nitrogen and oxygen atoms in total. The number of fused-ring (bicyclic) bond motifs is 2. The largest absolute Gasteiger partial charge is 0.492 e. The Labute approximate surface area is 178 Å². The lowest BCUT2D eigenvalue weighted by molar-refractivity contribution is -0.129. The number of amides is 1. The Morgan fingerprint density at radius 3 is 2.83 bits per heavy atom. The maximum absolute atomic E-state index is 13.3. The van der Waals surface area contributed by atoms with Gasteiger partial charge >= 0.3 is 0 Å². The molecular weight excluding hydrogens is 384 g/mol. The number of hydrogen-bond acceptors (Lipinski definition) is 6. The molecule has 0 unspecified atom stereocenters. The van der Waals surface area contributed by atoms with Gasteiger partial charge in [-0.15, -0.1) is 0 Å². The summed E-state index contributed by atoms with van der Waals surface area (Å²) in [5.74, 6) is 2.55. The van der Waals surface area contributed by atoms with Crippen molar-refractivity contribution in [1.29, 1.82) is 0 Å². The molecule has 0 aromatic heterocycles. The summed E-state index contributed by atoms with van der Waals surface area (Å²) in [6, 6.07) is 1.95. The zero-order valence-electron chi connectivity index (χ0n) is 18.2. The number of methoxy groups -OCH3 is 1. The van der Waals surface area contributed by atoms with Crippen molar-refractivity contribution in [3.05, 3.63) is 17.2 Å². The molecule has 0 bridgehead atoms. The van der Waals surface area contributed by atoms with Gasteiger partial charge in [-0.2, -0.15) is 0 Å². The van der Waals surface area contributed by atoms with Gasteiger partial charge in [0.05, 0.1) is 12.6 Å². The quantitative estimate of drug-likeness (QED) is 0.657. The highest BCUT2D eigenvalue weighted by molar-refractivity contribution is 5.90. The normalized spacial score (nSPS) is 23.0. The summed E-state index contributed by atoms with van der Waals surface area (Å²) < 4.78 is 17.0. The Hall–Kier alpha value is -2.28. The van der Waals surface area contributed by atoms with Crippen molar-refractivity contribution in [1.82, 2.24) is 10.2 Å². The molecule has 7 heteroatoms. The van der Waals surface area contributed by atoms with E-state index in [1.54, 1.807) is 7.11 Å². The highest BCUT2D eigenvalue weighted by Crippen LogP contribution is 2.50. The van der Waals surface area contributed by atoms with Crippen molar-refractivity contribution in [2.24, 2.45) is 5.92 Å². The molecule has 1 aromatic rings. The van der Waals surface area contributed by atoms with Crippen molar-refractivity contribution in [2.75, 3.05) is 27.5 Å². The SMILES string of the molecule is COc1c2c(cc3c1[C@H](C[C@](C)(NC=O)C(=O)CC1CCCC1)N(C)CC3)OCO2. The second-order valence-corrected chi connectivity index (χ2v) is 9.04. The molecule has 164 valence electrons. The van der Waals surface area contributed by atoms with Gasteiger partial charge in [0.2, 0.25) is 19.0 Å². The monoisotopic (exact) mass is 416 g/mol. The zero-order valence-corrected chi connectivity index (χ0v) is 18.2. The van der Waals surface area contributed by atoms with Crippen LogP contribution in [0.5, 0.6) is 17.2 Å². The highest BCUT2D eigenvalue weighted by Gasteiger charge is 2.42. The first-order valence-electron chi connectivity index (χ1n) is 10.9. The Bertz CT molecular complexity index is 820. The van der Waals surface area contributed by atoms with Gasteiger partial charge in [-0.05, 0) is 44.4 Å². The number of hydrogen-bond donors (Lipinski definition) is 1. The fourth-order valence-corrected chi connectivity index (χ4v) is 5.26. The van der Waals surface area contributed by atoms with Crippen molar-refractivity contribution < 1.29 is 23.8 Å². The fraction of sp³-hybridized carbons (Fsp3) is 0.652.